The van der Waals surface area contributed by atoms with Gasteiger partial charge in [-0.25, -0.2) is 0 Å². The van der Waals surface area contributed by atoms with E-state index in [1.807, 2.05) is 0 Å². The van der Waals surface area contributed by atoms with Crippen LogP contribution in [0.2, 0.25) is 18.1 Å². The van der Waals surface area contributed by atoms with Crippen molar-refractivity contribution in [1.82, 2.24) is 0 Å². The summed E-state index contributed by atoms with van der Waals surface area (Å²) in [6.07, 6.45) is 30.3. The highest BCUT2D eigenvalue weighted by molar-refractivity contribution is 6.74. The minimum Gasteiger partial charge on any atom is -0.543 e. The number of unbranched alkanes of at least 4 members (excludes halogenated alkanes) is 10. The molecule has 0 aromatic heterocycles. The molecule has 1 N–H and O–H groups in total. The molecule has 1 aromatic rings. The smallest absolute Gasteiger partial charge is 0.250 e. The van der Waals surface area contributed by atoms with Gasteiger partial charge in [0.15, 0.2) is 12.6 Å². The predicted octanol–water partition coefficient (Wildman–Crippen LogP) is 13.4. The Morgan fingerprint density at radius 3 is 1.84 bits per heavy atom. The van der Waals surface area contributed by atoms with Crippen molar-refractivity contribution < 1.29 is 28.5 Å². The van der Waals surface area contributed by atoms with E-state index in [1.165, 1.54) is 128 Å². The molecule has 1 aromatic carbocycles. The second kappa shape index (κ2) is 21.2. The molecule has 6 rings (SSSR count). The minimum atomic E-state index is -1.88. The molecule has 0 bridgehead atoms. The molecule has 2 unspecified atom stereocenters. The molecular formula is C50H86O6Si. The van der Waals surface area contributed by atoms with E-state index in [2.05, 4.69) is 59.0 Å². The summed E-state index contributed by atoms with van der Waals surface area (Å²) in [4.78, 5) is 0. The Labute approximate surface area is 350 Å². The van der Waals surface area contributed by atoms with Crippen molar-refractivity contribution in [3.63, 3.8) is 0 Å². The maximum Gasteiger partial charge on any atom is 0.250 e. The van der Waals surface area contributed by atoms with Crippen LogP contribution in [0.3, 0.4) is 0 Å². The molecule has 3 aliphatic carbocycles. The molecule has 2 saturated carbocycles. The van der Waals surface area contributed by atoms with Gasteiger partial charge in [0.25, 0.3) is 0 Å². The van der Waals surface area contributed by atoms with Crippen LogP contribution in [0.4, 0.5) is 0 Å². The first kappa shape index (κ1) is 45.6. The van der Waals surface area contributed by atoms with Crippen molar-refractivity contribution in [3.8, 4) is 5.75 Å². The van der Waals surface area contributed by atoms with E-state index >= 15 is 0 Å². The van der Waals surface area contributed by atoms with Crippen LogP contribution < -0.4 is 4.43 Å². The van der Waals surface area contributed by atoms with Gasteiger partial charge in [-0.05, 0) is 166 Å². The molecule has 0 amide bonds. The Balaban J connectivity index is 1.02. The zero-order chi connectivity index (χ0) is 40.4. The highest BCUT2D eigenvalue weighted by Gasteiger charge is 2.62. The maximum absolute atomic E-state index is 12.6. The molecule has 2 saturated heterocycles. The van der Waals surface area contributed by atoms with Crippen LogP contribution in [0.25, 0.3) is 0 Å². The largest absolute Gasteiger partial charge is 0.543 e. The molecule has 326 valence electrons. The standard InChI is InChI=1S/C50H86O6Si/c1-48(2,3)57(5,6)56-40-26-28-41-39(37-40)25-27-43-42(41)29-32-49(4)44(43)38-50(47(49)51,30-17-11-7-9-13-19-33-52-45-23-15-21-35-54-45)31-18-12-8-10-14-20-34-53-46-24-16-22-36-55-46/h26,28,37,42-47,51H,7-25,27,29-36,38H2,1-6H3/t42-,43-,44+,45?,46?,47-,49+,50?/m1/s1. The highest BCUT2D eigenvalue weighted by Crippen LogP contribution is 2.67. The van der Waals surface area contributed by atoms with E-state index in [0.29, 0.717) is 17.8 Å². The van der Waals surface area contributed by atoms with Gasteiger partial charge < -0.3 is 28.5 Å². The molecule has 0 radical (unpaired) electrons. The van der Waals surface area contributed by atoms with E-state index in [0.717, 1.165) is 70.7 Å². The topological polar surface area (TPSA) is 66.4 Å². The molecule has 2 aliphatic heterocycles. The predicted molar refractivity (Wildman–Crippen MR) is 236 cm³/mol. The van der Waals surface area contributed by atoms with E-state index in [-0.39, 0.29) is 34.6 Å². The Bertz CT molecular complexity index is 1290. The highest BCUT2D eigenvalue weighted by atomic mass is 28.4. The number of fused-ring (bicyclic) bond motifs is 5. The number of benzene rings is 1. The van der Waals surface area contributed by atoms with E-state index in [1.54, 1.807) is 5.56 Å². The lowest BCUT2D eigenvalue weighted by Gasteiger charge is -2.50. The van der Waals surface area contributed by atoms with Gasteiger partial charge in [-0.15, -0.1) is 0 Å². The van der Waals surface area contributed by atoms with Gasteiger partial charge in [-0.3, -0.25) is 0 Å². The molecule has 0 spiro atoms. The van der Waals surface area contributed by atoms with Gasteiger partial charge in [0.1, 0.15) is 5.75 Å². The number of aliphatic hydroxyl groups is 1. The number of aryl methyl sites for hydroxylation is 1. The fourth-order valence-corrected chi connectivity index (χ4v) is 12.7. The van der Waals surface area contributed by atoms with Crippen LogP contribution in [0.1, 0.15) is 199 Å². The molecule has 57 heavy (non-hydrogen) atoms. The Hall–Kier alpha value is -0.963. The first-order valence-corrected chi connectivity index (χ1v) is 27.3. The molecular weight excluding hydrogens is 725 g/mol. The van der Waals surface area contributed by atoms with Crippen molar-refractivity contribution in [1.29, 1.82) is 0 Å². The lowest BCUT2D eigenvalue weighted by molar-refractivity contribution is -0.163. The van der Waals surface area contributed by atoms with Gasteiger partial charge in [0, 0.05) is 26.4 Å². The summed E-state index contributed by atoms with van der Waals surface area (Å²) in [5.41, 5.74) is 3.23. The molecule has 7 heteroatoms. The summed E-state index contributed by atoms with van der Waals surface area (Å²) in [5.74, 6) is 3.00. The zero-order valence-electron chi connectivity index (χ0n) is 37.7. The molecule has 4 fully saturated rings. The summed E-state index contributed by atoms with van der Waals surface area (Å²) >= 11 is 0. The normalized spacial score (nSPS) is 31.8. The van der Waals surface area contributed by atoms with Crippen molar-refractivity contribution in [2.75, 3.05) is 26.4 Å². The van der Waals surface area contributed by atoms with Crippen LogP contribution in [0.15, 0.2) is 18.2 Å². The third-order valence-corrected chi connectivity index (χ3v) is 20.5. The molecule has 2 heterocycles. The van der Waals surface area contributed by atoms with Gasteiger partial charge in [0.2, 0.25) is 8.32 Å². The molecule has 6 nitrogen and oxygen atoms in total. The SMILES string of the molecule is CC(C)(C)[Si](C)(C)Oc1ccc2c(c1)CC[C@@H]1[C@@H]2CC[C@@]2(C)[C@H]1CC(CCCCCCCCOC1CCCCO1)(CCCCCCCCOC1CCCCO1)[C@@H]2O. The molecule has 5 aliphatic rings. The Kier molecular flexibility index (Phi) is 17.0. The monoisotopic (exact) mass is 811 g/mol. The third-order valence-electron chi connectivity index (χ3n) is 16.2. The number of rotatable bonds is 22. The Morgan fingerprint density at radius 1 is 0.737 bits per heavy atom. The summed E-state index contributed by atoms with van der Waals surface area (Å²) in [5, 5.41) is 12.8. The van der Waals surface area contributed by atoms with Crippen LogP contribution >= 0.6 is 0 Å². The lowest BCUT2D eigenvalue weighted by Crippen LogP contribution is -2.46. The number of hydrogen-bond donors (Lipinski definition) is 1. The first-order valence-electron chi connectivity index (χ1n) is 24.4. The minimum absolute atomic E-state index is 0.0359. The van der Waals surface area contributed by atoms with Crippen molar-refractivity contribution >= 4 is 8.32 Å². The zero-order valence-corrected chi connectivity index (χ0v) is 38.7. The van der Waals surface area contributed by atoms with Crippen LogP contribution in [-0.2, 0) is 25.4 Å². The average molecular weight is 811 g/mol. The fourth-order valence-electron chi connectivity index (χ4n) is 11.7. The summed E-state index contributed by atoms with van der Waals surface area (Å²) < 4.78 is 30.2. The van der Waals surface area contributed by atoms with Gasteiger partial charge in [-0.2, -0.15) is 0 Å². The van der Waals surface area contributed by atoms with Crippen molar-refractivity contribution in [3.05, 3.63) is 29.3 Å². The molecule has 7 atom stereocenters. The van der Waals surface area contributed by atoms with Crippen LogP contribution in [-0.4, -0.2) is 58.5 Å². The lowest BCUT2D eigenvalue weighted by atomic mass is 9.55. The van der Waals surface area contributed by atoms with Crippen molar-refractivity contribution in [2.24, 2.45) is 22.7 Å². The maximum atomic E-state index is 12.6. The van der Waals surface area contributed by atoms with Crippen molar-refractivity contribution in [2.45, 2.75) is 231 Å². The summed E-state index contributed by atoms with van der Waals surface area (Å²) in [6, 6.07) is 7.14. The summed E-state index contributed by atoms with van der Waals surface area (Å²) in [6.45, 7) is 17.6. The van der Waals surface area contributed by atoms with Crippen LogP contribution in [0.5, 0.6) is 5.75 Å². The summed E-state index contributed by atoms with van der Waals surface area (Å²) in [7, 11) is -1.88. The number of aliphatic hydroxyl groups excluding tert-OH is 1. The number of hydrogen-bond acceptors (Lipinski definition) is 6. The van der Waals surface area contributed by atoms with E-state index < -0.39 is 8.32 Å². The third kappa shape index (κ3) is 11.9. The average Bonchev–Trinajstić information content (AvgIpc) is 3.42. The van der Waals surface area contributed by atoms with Gasteiger partial charge >= 0.3 is 0 Å². The quantitative estimate of drug-likeness (QED) is 0.0929. The number of ether oxygens (including phenoxy) is 4. The Morgan fingerprint density at radius 2 is 1.30 bits per heavy atom. The second-order valence-electron chi connectivity index (χ2n) is 21.2. The first-order chi connectivity index (χ1) is 27.4. The van der Waals surface area contributed by atoms with Gasteiger partial charge in [0.05, 0.1) is 6.10 Å². The van der Waals surface area contributed by atoms with E-state index in [4.69, 9.17) is 23.4 Å². The second-order valence-corrected chi connectivity index (χ2v) is 26.0. The van der Waals surface area contributed by atoms with Gasteiger partial charge in [-0.1, -0.05) is 98.0 Å². The van der Waals surface area contributed by atoms with E-state index in [9.17, 15) is 5.11 Å². The van der Waals surface area contributed by atoms with Crippen LogP contribution in [0, 0.1) is 22.7 Å². The fraction of sp³-hybridized carbons (Fsp3) is 0.880.